The summed E-state index contributed by atoms with van der Waals surface area (Å²) in [4.78, 5) is 14.9. The van der Waals surface area contributed by atoms with Crippen molar-refractivity contribution in [3.05, 3.63) is 11.8 Å². The van der Waals surface area contributed by atoms with Crippen LogP contribution in [0, 0.1) is 17.3 Å². The van der Waals surface area contributed by atoms with Crippen molar-refractivity contribution < 1.29 is 4.79 Å². The van der Waals surface area contributed by atoms with E-state index in [1.807, 2.05) is 41.0 Å². The van der Waals surface area contributed by atoms with Crippen LogP contribution in [0.2, 0.25) is 0 Å². The van der Waals surface area contributed by atoms with Gasteiger partial charge in [-0.25, -0.2) is 0 Å². The van der Waals surface area contributed by atoms with E-state index in [9.17, 15) is 4.79 Å². The van der Waals surface area contributed by atoms with Gasteiger partial charge in [0.25, 0.3) is 0 Å². The first-order valence-electron chi connectivity index (χ1n) is 11.1. The molecule has 0 aromatic carbocycles. The Balaban J connectivity index is 0.000000430. The molecular formula is C23H45N3O. The molecule has 0 spiro atoms. The molecule has 0 aromatic heterocycles. The van der Waals surface area contributed by atoms with Crippen LogP contribution >= 0.6 is 0 Å². The lowest BCUT2D eigenvalue weighted by Gasteiger charge is -2.10. The summed E-state index contributed by atoms with van der Waals surface area (Å²) >= 11 is 0. The Kier molecular flexibility index (Phi) is 14.2. The second-order valence-electron chi connectivity index (χ2n) is 7.55. The second-order valence-corrected chi connectivity index (χ2v) is 7.55. The van der Waals surface area contributed by atoms with Crippen LogP contribution in [0.1, 0.15) is 86.5 Å². The van der Waals surface area contributed by atoms with Crippen molar-refractivity contribution in [3.8, 4) is 0 Å². The molecule has 0 aromatic rings. The van der Waals surface area contributed by atoms with Gasteiger partial charge >= 0.3 is 0 Å². The zero-order valence-corrected chi connectivity index (χ0v) is 19.0. The molecule has 3 atom stereocenters. The Morgan fingerprint density at radius 2 is 1.96 bits per heavy atom. The van der Waals surface area contributed by atoms with Crippen LogP contribution in [0.25, 0.3) is 0 Å². The average molecular weight is 380 g/mol. The number of aliphatic imine (C=N–C) groups is 1. The molecule has 27 heavy (non-hydrogen) atoms. The lowest BCUT2D eigenvalue weighted by Crippen LogP contribution is -2.24. The van der Waals surface area contributed by atoms with E-state index >= 15 is 0 Å². The van der Waals surface area contributed by atoms with Gasteiger partial charge in [0.05, 0.1) is 0 Å². The topological polar surface area (TPSA) is 53.5 Å². The van der Waals surface area contributed by atoms with Crippen LogP contribution in [0.4, 0.5) is 0 Å². The van der Waals surface area contributed by atoms with Gasteiger partial charge in [0.15, 0.2) is 0 Å². The number of fused-ring (bicyclic) bond motifs is 1. The van der Waals surface area contributed by atoms with Gasteiger partial charge in [-0.15, -0.1) is 0 Å². The molecule has 158 valence electrons. The van der Waals surface area contributed by atoms with Crippen LogP contribution in [0.5, 0.6) is 0 Å². The third-order valence-electron chi connectivity index (χ3n) is 5.61. The van der Waals surface area contributed by atoms with Crippen molar-refractivity contribution in [2.45, 2.75) is 86.5 Å². The zero-order valence-electron chi connectivity index (χ0n) is 19.0. The summed E-state index contributed by atoms with van der Waals surface area (Å²) in [6.07, 6.45) is 13.3. The second kappa shape index (κ2) is 14.8. The third kappa shape index (κ3) is 10.1. The van der Waals surface area contributed by atoms with Gasteiger partial charge in [0.2, 0.25) is 5.91 Å². The Bertz CT molecular complexity index is 459. The van der Waals surface area contributed by atoms with Crippen molar-refractivity contribution in [2.75, 3.05) is 20.1 Å². The summed E-state index contributed by atoms with van der Waals surface area (Å²) in [6, 6.07) is 0. The highest BCUT2D eigenvalue weighted by atomic mass is 16.1. The zero-order chi connectivity index (χ0) is 20.7. The Labute approximate surface area is 168 Å². The predicted octanol–water partition coefficient (Wildman–Crippen LogP) is 5.35. The molecule has 0 bridgehead atoms. The summed E-state index contributed by atoms with van der Waals surface area (Å²) in [5.74, 6) is 1.68. The molecule has 1 heterocycles. The van der Waals surface area contributed by atoms with Gasteiger partial charge in [-0.3, -0.25) is 9.79 Å². The monoisotopic (exact) mass is 379 g/mol. The third-order valence-corrected chi connectivity index (χ3v) is 5.61. The van der Waals surface area contributed by atoms with Crippen LogP contribution in [0.15, 0.2) is 16.8 Å². The highest BCUT2D eigenvalue weighted by molar-refractivity contribution is 5.72. The van der Waals surface area contributed by atoms with E-state index in [0.717, 1.165) is 19.0 Å². The fraction of sp³-hybridized carbons (Fsp3) is 0.826. The normalized spacial score (nSPS) is 27.1. The summed E-state index contributed by atoms with van der Waals surface area (Å²) < 4.78 is 0. The number of carbonyl (C=O) groups excluding carboxylic acids is 1. The molecule has 3 unspecified atom stereocenters. The van der Waals surface area contributed by atoms with Gasteiger partial charge in [0.1, 0.15) is 0 Å². The van der Waals surface area contributed by atoms with Crippen LogP contribution in [-0.4, -0.2) is 32.3 Å². The Morgan fingerprint density at radius 3 is 2.59 bits per heavy atom. The molecule has 4 heteroatoms. The number of rotatable bonds is 5. The van der Waals surface area contributed by atoms with E-state index in [-0.39, 0.29) is 5.91 Å². The lowest BCUT2D eigenvalue weighted by atomic mass is 9.99. The Morgan fingerprint density at radius 1 is 1.26 bits per heavy atom. The van der Waals surface area contributed by atoms with Gasteiger partial charge in [-0.1, -0.05) is 34.6 Å². The molecule has 3 rings (SSSR count). The number of hydrogen-bond donors (Lipinski definition) is 2. The molecule has 1 aliphatic heterocycles. The summed E-state index contributed by atoms with van der Waals surface area (Å²) in [5.41, 5.74) is 2.08. The van der Waals surface area contributed by atoms with Crippen LogP contribution < -0.4 is 10.6 Å². The maximum Gasteiger partial charge on any atom is 0.216 e. The molecule has 2 N–H and O–H groups in total. The largest absolute Gasteiger partial charge is 0.356 e. The maximum absolute atomic E-state index is 10.7. The van der Waals surface area contributed by atoms with E-state index in [2.05, 4.69) is 28.7 Å². The van der Waals surface area contributed by atoms with Gasteiger partial charge in [-0.05, 0) is 81.4 Å². The SMILES string of the molecule is C1=NC=C2CCCC2CC1.CC.CC.CNCCC1(C)CC1CNC(C)=O. The standard InChI is InChI=1S/C10H20N2O.C9H13N.2C2H6/c1-8(13)12-7-9-6-10(9,2)4-5-11-3;1-3-8-5-2-6-10-7-9(8)4-1;2*1-2/h9,11H,4-7H2,1-3H3,(H,12,13);6-8H,1-5H2;2*1-2H3. The minimum Gasteiger partial charge on any atom is -0.356 e. The van der Waals surface area contributed by atoms with Crippen LogP contribution in [0.3, 0.4) is 0 Å². The Hall–Kier alpha value is -1.16. The number of nitrogens with zero attached hydrogens (tertiary/aromatic N) is 1. The molecule has 0 radical (unpaired) electrons. The maximum atomic E-state index is 10.7. The minimum atomic E-state index is 0.0860. The minimum absolute atomic E-state index is 0.0860. The summed E-state index contributed by atoms with van der Waals surface area (Å²) in [5, 5.41) is 6.04. The van der Waals surface area contributed by atoms with Gasteiger partial charge < -0.3 is 10.6 Å². The quantitative estimate of drug-likeness (QED) is 0.677. The molecule has 2 aliphatic carbocycles. The molecule has 1 amide bonds. The van der Waals surface area contributed by atoms with E-state index in [1.54, 1.807) is 12.5 Å². The van der Waals surface area contributed by atoms with Crippen molar-refractivity contribution in [1.29, 1.82) is 0 Å². The number of amides is 1. The fourth-order valence-electron chi connectivity index (χ4n) is 3.75. The highest BCUT2D eigenvalue weighted by Gasteiger charge is 2.48. The summed E-state index contributed by atoms with van der Waals surface area (Å²) in [6.45, 7) is 13.8. The molecule has 2 fully saturated rings. The number of carbonyl (C=O) groups is 1. The molecular weight excluding hydrogens is 334 g/mol. The highest BCUT2D eigenvalue weighted by Crippen LogP contribution is 2.54. The van der Waals surface area contributed by atoms with Crippen LogP contribution in [-0.2, 0) is 4.79 Å². The van der Waals surface area contributed by atoms with E-state index in [4.69, 9.17) is 0 Å². The lowest BCUT2D eigenvalue weighted by molar-refractivity contribution is -0.119. The average Bonchev–Trinajstić information content (AvgIpc) is 3.24. The smallest absolute Gasteiger partial charge is 0.216 e. The molecule has 2 saturated carbocycles. The molecule has 4 nitrogen and oxygen atoms in total. The van der Waals surface area contributed by atoms with E-state index in [1.165, 1.54) is 44.9 Å². The van der Waals surface area contributed by atoms with E-state index in [0.29, 0.717) is 11.3 Å². The first kappa shape index (κ1) is 25.8. The molecule has 3 aliphatic rings. The number of nitrogens with one attached hydrogen (secondary N) is 2. The fourth-order valence-corrected chi connectivity index (χ4v) is 3.75. The number of hydrogen-bond acceptors (Lipinski definition) is 3. The van der Waals surface area contributed by atoms with E-state index < -0.39 is 0 Å². The van der Waals surface area contributed by atoms with Gasteiger partial charge in [0, 0.05) is 25.9 Å². The summed E-state index contributed by atoms with van der Waals surface area (Å²) in [7, 11) is 1.98. The van der Waals surface area contributed by atoms with Gasteiger partial charge in [-0.2, -0.15) is 0 Å². The first-order chi connectivity index (χ1) is 13.0. The first-order valence-corrected chi connectivity index (χ1v) is 11.1. The molecule has 0 saturated heterocycles. The predicted molar refractivity (Wildman–Crippen MR) is 119 cm³/mol. The van der Waals surface area contributed by atoms with Crippen molar-refractivity contribution >= 4 is 12.1 Å². The van der Waals surface area contributed by atoms with Crippen molar-refractivity contribution in [3.63, 3.8) is 0 Å². The van der Waals surface area contributed by atoms with Crippen molar-refractivity contribution in [2.24, 2.45) is 22.2 Å². The number of allylic oxidation sites excluding steroid dienone is 1. The van der Waals surface area contributed by atoms with Crippen molar-refractivity contribution in [1.82, 2.24) is 10.6 Å².